The van der Waals surface area contributed by atoms with Gasteiger partial charge in [0.15, 0.2) is 11.5 Å². The van der Waals surface area contributed by atoms with Gasteiger partial charge < -0.3 is 19.9 Å². The molecular formula is C24H38N2O4. The van der Waals surface area contributed by atoms with Crippen LogP contribution in [0.25, 0.3) is 0 Å². The van der Waals surface area contributed by atoms with Crippen LogP contribution in [-0.4, -0.2) is 50.1 Å². The van der Waals surface area contributed by atoms with Crippen molar-refractivity contribution in [2.24, 2.45) is 23.4 Å². The fraction of sp³-hybridized carbons (Fsp3) is 0.708. The van der Waals surface area contributed by atoms with Gasteiger partial charge in [0.05, 0.1) is 22.3 Å². The second-order valence-corrected chi connectivity index (χ2v) is 7.13. The summed E-state index contributed by atoms with van der Waals surface area (Å²) in [5.41, 5.74) is 4.14. The molecule has 168 valence electrons. The first kappa shape index (κ1) is 7.96. The lowest BCUT2D eigenvalue weighted by atomic mass is 9.79. The topological polar surface area (TPSA) is 74.0 Å². The molecule has 4 unspecified atom stereocenters. The Morgan fingerprint density at radius 3 is 2.80 bits per heavy atom. The van der Waals surface area contributed by atoms with Crippen LogP contribution in [-0.2, 0) is 15.9 Å². The molecule has 1 aromatic carbocycles. The number of methoxy groups -OCH3 is 2. The maximum absolute atomic E-state index is 13.3. The first-order valence-electron chi connectivity index (χ1n) is 19.6. The summed E-state index contributed by atoms with van der Waals surface area (Å²) in [6.45, 7) is -8.38. The van der Waals surface area contributed by atoms with Crippen molar-refractivity contribution in [1.82, 2.24) is 4.90 Å². The zero-order chi connectivity index (χ0) is 40.3. The molecule has 2 aliphatic rings. The standard InChI is InChI=1S/C24H38N2O4/c1-14(2)9-17-13-26-8-7-16-10-21(28-5)22(29-6)11-18(16)19(26)12-20(17)30-24(27)23(25)15(3)4/h10-11,14-15,17,19-20,23H,7-9,12-13,25H2,1-6H3/t17?,19?,20?,23-/m0/s1/i1D3,5D3,6D3,7D2,8D2,9D2,12D2,13D2,14D,17D/t14?,17?,19?,20?,23-. The lowest BCUT2D eigenvalue weighted by Gasteiger charge is -2.47. The monoisotopic (exact) mass is 439 g/mol. The lowest BCUT2D eigenvalue weighted by Crippen LogP contribution is -2.51. The van der Waals surface area contributed by atoms with Crippen LogP contribution in [0.3, 0.4) is 0 Å². The smallest absolute Gasteiger partial charge is 0.323 e. The van der Waals surface area contributed by atoms with E-state index in [4.69, 9.17) is 41.9 Å². The van der Waals surface area contributed by atoms with Crippen molar-refractivity contribution < 1.29 is 47.8 Å². The quantitative estimate of drug-likeness (QED) is 0.655. The molecule has 1 fully saturated rings. The number of carbonyl (C=O) groups is 1. The number of hydrogen-bond acceptors (Lipinski definition) is 6. The Morgan fingerprint density at radius 1 is 1.40 bits per heavy atom. The van der Waals surface area contributed by atoms with E-state index in [0.717, 1.165) is 0 Å². The van der Waals surface area contributed by atoms with Crippen LogP contribution in [0.1, 0.15) is 86.3 Å². The molecule has 1 aromatic rings. The van der Waals surface area contributed by atoms with Crippen molar-refractivity contribution in [2.45, 2.75) is 64.9 Å². The normalized spacial score (nSPS) is 48.1. The molecule has 6 heteroatoms. The van der Waals surface area contributed by atoms with Gasteiger partial charge in [0.25, 0.3) is 0 Å². The minimum absolute atomic E-state index is 0.223. The maximum atomic E-state index is 13.3. The molecule has 3 rings (SSSR count). The number of nitrogens with two attached hydrogens (primary N) is 1. The highest BCUT2D eigenvalue weighted by Crippen LogP contribution is 2.44. The van der Waals surface area contributed by atoms with Crippen molar-refractivity contribution >= 4 is 5.97 Å². The lowest BCUT2D eigenvalue weighted by molar-refractivity contribution is -0.160. The van der Waals surface area contributed by atoms with Gasteiger partial charge in [-0.2, -0.15) is 0 Å². The molecule has 1 saturated heterocycles. The Labute approximate surface area is 210 Å². The molecule has 0 aliphatic carbocycles. The second kappa shape index (κ2) is 9.56. The van der Waals surface area contributed by atoms with Crippen molar-refractivity contribution in [3.05, 3.63) is 23.3 Å². The summed E-state index contributed by atoms with van der Waals surface area (Å²) in [5, 5.41) is 0. The highest BCUT2D eigenvalue weighted by molar-refractivity contribution is 5.76. The molecule has 2 N–H and O–H groups in total. The highest BCUT2D eigenvalue weighted by Gasteiger charge is 2.41. The molecule has 2 aliphatic heterocycles. The van der Waals surface area contributed by atoms with E-state index in [-0.39, 0.29) is 4.90 Å². The number of benzene rings is 1. The minimum atomic E-state index is -4.14. The van der Waals surface area contributed by atoms with E-state index in [1.54, 1.807) is 0 Å². The van der Waals surface area contributed by atoms with E-state index >= 15 is 0 Å². The molecule has 0 spiro atoms. The SMILES string of the molecule is [2H]C([2H])([2H])Oc1cc2c(cc1OC([2H])([2H])[2H])C([2H])([2H])C([2H])([2H])N1C2C([2H])([2H])C(OC(=O)[C@@H](N)C(C)C)C([2H])(C([2H])([2H])C([2H])(C)C([2H])([2H])[2H])C1([2H])[2H]. The van der Waals surface area contributed by atoms with Crippen molar-refractivity contribution in [2.75, 3.05) is 27.1 Å². The average molecular weight is 440 g/mol. The summed E-state index contributed by atoms with van der Waals surface area (Å²) in [4.78, 5) is 13.1. The van der Waals surface area contributed by atoms with E-state index in [9.17, 15) is 11.6 Å². The molecule has 0 radical (unpaired) electrons. The van der Waals surface area contributed by atoms with Crippen LogP contribution < -0.4 is 15.2 Å². The van der Waals surface area contributed by atoms with E-state index in [1.165, 1.54) is 13.8 Å². The molecule has 0 saturated carbocycles. The van der Waals surface area contributed by atoms with Gasteiger partial charge >= 0.3 is 5.97 Å². The van der Waals surface area contributed by atoms with E-state index in [0.29, 0.717) is 19.1 Å². The van der Waals surface area contributed by atoms with Gasteiger partial charge in [-0.15, -0.1) is 0 Å². The molecule has 2 heterocycles. The van der Waals surface area contributed by atoms with Gasteiger partial charge in [0.1, 0.15) is 12.1 Å². The van der Waals surface area contributed by atoms with Crippen LogP contribution in [0.2, 0.25) is 0 Å². The molecule has 5 atom stereocenters. The summed E-state index contributed by atoms with van der Waals surface area (Å²) >= 11 is 0. The van der Waals surface area contributed by atoms with Gasteiger partial charge in [-0.25, -0.2) is 0 Å². The molecule has 0 amide bonds. The number of carbonyl (C=O) groups excluding carboxylic acids is 1. The Hall–Kier alpha value is -1.79. The minimum Gasteiger partial charge on any atom is -0.493 e. The third-order valence-electron chi connectivity index (χ3n) is 4.56. The Balaban J connectivity index is 2.61. The predicted molar refractivity (Wildman–Crippen MR) is 118 cm³/mol. The number of rotatable bonds is 7. The molecule has 6 nitrogen and oxygen atoms in total. The van der Waals surface area contributed by atoms with Gasteiger partial charge in [0, 0.05) is 51.9 Å². The van der Waals surface area contributed by atoms with Gasteiger partial charge in [0.2, 0.25) is 0 Å². The third-order valence-corrected chi connectivity index (χ3v) is 4.56. The summed E-state index contributed by atoms with van der Waals surface area (Å²) in [6.07, 6.45) is -14.5. The molecule has 0 aromatic heterocycles. The number of ether oxygens (including phenoxy) is 3. The first-order valence-corrected chi connectivity index (χ1v) is 9.09. The van der Waals surface area contributed by atoms with E-state index in [2.05, 4.69) is 0 Å². The summed E-state index contributed by atoms with van der Waals surface area (Å²) < 4.78 is 192. The van der Waals surface area contributed by atoms with E-state index in [1.807, 2.05) is 0 Å². The highest BCUT2D eigenvalue weighted by atomic mass is 16.5. The average Bonchev–Trinajstić information content (AvgIpc) is 2.89. The van der Waals surface area contributed by atoms with Crippen molar-refractivity contribution in [3.63, 3.8) is 0 Å². The fourth-order valence-electron chi connectivity index (χ4n) is 2.92. The number of esters is 1. The van der Waals surface area contributed by atoms with Crippen LogP contribution >= 0.6 is 0 Å². The van der Waals surface area contributed by atoms with Crippen LogP contribution in [0.4, 0.5) is 0 Å². The van der Waals surface area contributed by atoms with Gasteiger partial charge in [-0.05, 0) is 47.8 Å². The van der Waals surface area contributed by atoms with Crippen molar-refractivity contribution in [3.8, 4) is 11.5 Å². The van der Waals surface area contributed by atoms with Gasteiger partial charge in [-0.1, -0.05) is 27.6 Å². The summed E-state index contributed by atoms with van der Waals surface area (Å²) in [5.74, 6) is -11.9. The molecule has 0 bridgehead atoms. The predicted octanol–water partition coefficient (Wildman–Crippen LogP) is 3.56. The van der Waals surface area contributed by atoms with Crippen LogP contribution in [0.15, 0.2) is 12.1 Å². The third kappa shape index (κ3) is 4.75. The number of fused-ring (bicyclic) bond motifs is 3. The molecule has 30 heavy (non-hydrogen) atoms. The Morgan fingerprint density at radius 2 is 2.13 bits per heavy atom. The second-order valence-electron chi connectivity index (χ2n) is 7.13. The zero-order valence-electron chi connectivity index (χ0n) is 37.6. The largest absolute Gasteiger partial charge is 0.493 e. The number of hydrogen-bond donors (Lipinski definition) is 1. The zero-order valence-corrected chi connectivity index (χ0v) is 16.6. The summed E-state index contributed by atoms with van der Waals surface area (Å²) in [6, 6.07) is -3.17. The van der Waals surface area contributed by atoms with Gasteiger partial charge in [-0.3, -0.25) is 9.69 Å². The Bertz CT molecular complexity index is 1520. The Kier molecular flexibility index (Phi) is 2.54. The van der Waals surface area contributed by atoms with Crippen LogP contribution in [0.5, 0.6) is 11.5 Å². The summed E-state index contributed by atoms with van der Waals surface area (Å²) in [7, 11) is -6.70. The van der Waals surface area contributed by atoms with Crippen LogP contribution in [0, 0.1) is 17.7 Å². The number of piperidine rings is 1. The maximum Gasteiger partial charge on any atom is 0.323 e. The van der Waals surface area contributed by atoms with Crippen molar-refractivity contribution in [1.29, 1.82) is 0 Å². The van der Waals surface area contributed by atoms with E-state index < -0.39 is 118 Å². The first-order chi connectivity index (χ1) is 22.3. The number of nitrogens with zero attached hydrogens (tertiary/aromatic N) is 1. The fourth-order valence-corrected chi connectivity index (χ4v) is 2.92. The number of aryl methyl sites for hydroxylation is 1. The molecular weight excluding hydrogens is 380 g/mol.